The van der Waals surface area contributed by atoms with Gasteiger partial charge in [0.25, 0.3) is 5.91 Å². The van der Waals surface area contributed by atoms with E-state index in [-0.39, 0.29) is 11.9 Å². The van der Waals surface area contributed by atoms with Gasteiger partial charge >= 0.3 is 0 Å². The summed E-state index contributed by atoms with van der Waals surface area (Å²) >= 11 is 8.98. The van der Waals surface area contributed by atoms with Crippen LogP contribution in [0.2, 0.25) is 0 Å². The molecule has 0 unspecified atom stereocenters. The first-order valence-corrected chi connectivity index (χ1v) is 12.3. The monoisotopic (exact) mass is 441 g/mol. The largest absolute Gasteiger partial charge is 0.356 e. The Kier molecular flexibility index (Phi) is 6.90. The van der Waals surface area contributed by atoms with Gasteiger partial charge in [0.05, 0.1) is 17.5 Å². The standard InChI is InChI=1S/C22H23N3OS3/c26-21(16-29-22(27)24-11-13-28-14-12-24)25-20(18-9-5-2-6-10-18)15-19(23-25)17-7-3-1-4-8-17/h1-10,20H,11-16H2/t20-/m1/s1. The van der Waals surface area contributed by atoms with Crippen molar-refractivity contribution in [2.75, 3.05) is 30.3 Å². The molecule has 2 heterocycles. The number of nitrogens with zero attached hydrogens (tertiary/aromatic N) is 3. The van der Waals surface area contributed by atoms with Crippen molar-refractivity contribution in [3.05, 3.63) is 71.8 Å². The Morgan fingerprint density at radius 2 is 1.72 bits per heavy atom. The topological polar surface area (TPSA) is 35.9 Å². The lowest BCUT2D eigenvalue weighted by molar-refractivity contribution is -0.130. The maximum absolute atomic E-state index is 13.1. The molecule has 1 atom stereocenters. The van der Waals surface area contributed by atoms with E-state index < -0.39 is 0 Å². The molecule has 1 saturated heterocycles. The fraction of sp³-hybridized carbons (Fsp3) is 0.318. The van der Waals surface area contributed by atoms with Crippen molar-refractivity contribution in [2.45, 2.75) is 12.5 Å². The number of carbonyl (C=O) groups is 1. The number of carbonyl (C=O) groups excluding carboxylic acids is 1. The van der Waals surface area contributed by atoms with E-state index in [4.69, 9.17) is 17.3 Å². The van der Waals surface area contributed by atoms with Gasteiger partial charge in [0.1, 0.15) is 4.32 Å². The molecule has 0 bridgehead atoms. The van der Waals surface area contributed by atoms with Crippen LogP contribution in [-0.4, -0.2) is 56.2 Å². The fourth-order valence-corrected chi connectivity index (χ4v) is 5.51. The highest BCUT2D eigenvalue weighted by atomic mass is 32.2. The molecule has 4 rings (SSSR count). The minimum absolute atomic E-state index is 0.00326. The molecular formula is C22H23N3OS3. The summed E-state index contributed by atoms with van der Waals surface area (Å²) in [4.78, 5) is 15.3. The third-order valence-electron chi connectivity index (χ3n) is 5.05. The Morgan fingerprint density at radius 3 is 2.41 bits per heavy atom. The molecule has 2 aromatic rings. The SMILES string of the molecule is O=C(CSC(=S)N1CCSCC1)N1N=C(c2ccccc2)C[C@@H]1c1ccccc1. The number of rotatable bonds is 4. The van der Waals surface area contributed by atoms with E-state index in [1.54, 1.807) is 5.01 Å². The highest BCUT2D eigenvalue weighted by Crippen LogP contribution is 2.33. The summed E-state index contributed by atoms with van der Waals surface area (Å²) < 4.78 is 0.821. The minimum Gasteiger partial charge on any atom is -0.356 e. The van der Waals surface area contributed by atoms with Gasteiger partial charge in [0.15, 0.2) is 0 Å². The minimum atomic E-state index is -0.0699. The number of hydrazone groups is 1. The molecule has 2 aliphatic heterocycles. The summed E-state index contributed by atoms with van der Waals surface area (Å²) in [6.07, 6.45) is 0.720. The Labute approximate surface area is 185 Å². The predicted molar refractivity (Wildman–Crippen MR) is 128 cm³/mol. The summed E-state index contributed by atoms with van der Waals surface area (Å²) in [5.74, 6) is 2.52. The molecule has 4 nitrogen and oxygen atoms in total. The molecule has 7 heteroatoms. The van der Waals surface area contributed by atoms with Crippen molar-refractivity contribution in [1.29, 1.82) is 0 Å². The predicted octanol–water partition coefficient (Wildman–Crippen LogP) is 4.43. The van der Waals surface area contributed by atoms with Crippen LogP contribution in [0.15, 0.2) is 65.8 Å². The van der Waals surface area contributed by atoms with E-state index >= 15 is 0 Å². The summed E-state index contributed by atoms with van der Waals surface area (Å²) in [5, 5.41) is 6.40. The number of hydrogen-bond acceptors (Lipinski definition) is 5. The zero-order valence-electron chi connectivity index (χ0n) is 16.1. The molecule has 2 aromatic carbocycles. The lowest BCUT2D eigenvalue weighted by Crippen LogP contribution is -2.36. The van der Waals surface area contributed by atoms with Gasteiger partial charge < -0.3 is 4.90 Å². The van der Waals surface area contributed by atoms with Gasteiger partial charge in [0.2, 0.25) is 0 Å². The van der Waals surface area contributed by atoms with E-state index in [0.717, 1.165) is 52.2 Å². The van der Waals surface area contributed by atoms with Crippen LogP contribution in [0.5, 0.6) is 0 Å². The second kappa shape index (κ2) is 9.78. The van der Waals surface area contributed by atoms with Crippen LogP contribution in [0.4, 0.5) is 0 Å². The Balaban J connectivity index is 1.48. The quantitative estimate of drug-likeness (QED) is 0.656. The molecule has 29 heavy (non-hydrogen) atoms. The fourth-order valence-electron chi connectivity index (χ4n) is 3.51. The second-order valence-corrected chi connectivity index (χ2v) is 9.77. The molecule has 0 aliphatic carbocycles. The van der Waals surface area contributed by atoms with Crippen LogP contribution in [-0.2, 0) is 4.79 Å². The molecule has 0 spiro atoms. The highest BCUT2D eigenvalue weighted by Gasteiger charge is 2.33. The van der Waals surface area contributed by atoms with Crippen molar-refractivity contribution in [2.24, 2.45) is 5.10 Å². The third-order valence-corrected chi connectivity index (χ3v) is 7.50. The van der Waals surface area contributed by atoms with Crippen LogP contribution in [0.25, 0.3) is 0 Å². The molecule has 1 amide bonds. The third kappa shape index (κ3) is 5.02. The summed E-state index contributed by atoms with van der Waals surface area (Å²) in [6, 6.07) is 20.2. The molecule has 150 valence electrons. The average molecular weight is 442 g/mol. The Bertz CT molecular complexity index is 883. The van der Waals surface area contributed by atoms with Crippen LogP contribution >= 0.6 is 35.7 Å². The maximum Gasteiger partial charge on any atom is 0.253 e. The average Bonchev–Trinajstić information content (AvgIpc) is 3.25. The van der Waals surface area contributed by atoms with E-state index in [1.807, 2.05) is 60.3 Å². The van der Waals surface area contributed by atoms with Crippen LogP contribution in [0.1, 0.15) is 23.6 Å². The first-order valence-electron chi connectivity index (χ1n) is 9.72. The summed E-state index contributed by atoms with van der Waals surface area (Å²) in [6.45, 7) is 1.94. The summed E-state index contributed by atoms with van der Waals surface area (Å²) in [5.41, 5.74) is 3.13. The van der Waals surface area contributed by atoms with Crippen molar-refractivity contribution in [1.82, 2.24) is 9.91 Å². The van der Waals surface area contributed by atoms with Crippen molar-refractivity contribution >= 4 is 51.7 Å². The number of hydrogen-bond donors (Lipinski definition) is 0. The van der Waals surface area contributed by atoms with Gasteiger partial charge in [-0.05, 0) is 11.1 Å². The first kappa shape index (κ1) is 20.4. The van der Waals surface area contributed by atoms with Gasteiger partial charge in [-0.3, -0.25) is 4.79 Å². The highest BCUT2D eigenvalue weighted by molar-refractivity contribution is 8.23. The molecule has 0 saturated carbocycles. The van der Waals surface area contributed by atoms with E-state index in [1.165, 1.54) is 11.8 Å². The van der Waals surface area contributed by atoms with E-state index in [9.17, 15) is 4.79 Å². The number of thiocarbonyl (C=S) groups is 1. The van der Waals surface area contributed by atoms with Gasteiger partial charge in [-0.25, -0.2) is 5.01 Å². The van der Waals surface area contributed by atoms with Crippen molar-refractivity contribution < 1.29 is 4.79 Å². The number of benzene rings is 2. The van der Waals surface area contributed by atoms with Crippen molar-refractivity contribution in [3.63, 3.8) is 0 Å². The molecular weight excluding hydrogens is 418 g/mol. The molecule has 0 N–H and O–H groups in total. The Morgan fingerprint density at radius 1 is 1.07 bits per heavy atom. The van der Waals surface area contributed by atoms with Gasteiger partial charge in [-0.15, -0.1) is 0 Å². The zero-order valence-corrected chi connectivity index (χ0v) is 18.5. The van der Waals surface area contributed by atoms with Crippen LogP contribution < -0.4 is 0 Å². The maximum atomic E-state index is 13.1. The lowest BCUT2D eigenvalue weighted by atomic mass is 9.98. The molecule has 0 aromatic heterocycles. The first-order chi connectivity index (χ1) is 14.2. The zero-order chi connectivity index (χ0) is 20.1. The second-order valence-electron chi connectivity index (χ2n) is 6.94. The lowest BCUT2D eigenvalue weighted by Gasteiger charge is -2.28. The van der Waals surface area contributed by atoms with Crippen LogP contribution in [0, 0.1) is 0 Å². The van der Waals surface area contributed by atoms with E-state index in [0.29, 0.717) is 5.75 Å². The smallest absolute Gasteiger partial charge is 0.253 e. The van der Waals surface area contributed by atoms with E-state index in [2.05, 4.69) is 17.0 Å². The van der Waals surface area contributed by atoms with Gasteiger partial charge in [-0.1, -0.05) is 84.6 Å². The number of amides is 1. The van der Waals surface area contributed by atoms with Gasteiger partial charge in [0, 0.05) is 31.0 Å². The summed E-state index contributed by atoms with van der Waals surface area (Å²) in [7, 11) is 0. The molecule has 0 radical (unpaired) electrons. The molecule has 2 aliphatic rings. The Hall–Kier alpha value is -1.83. The van der Waals surface area contributed by atoms with Crippen molar-refractivity contribution in [3.8, 4) is 0 Å². The normalized spacial score (nSPS) is 19.2. The van der Waals surface area contributed by atoms with Crippen LogP contribution in [0.3, 0.4) is 0 Å². The molecule has 1 fully saturated rings. The number of thioether (sulfide) groups is 2. The van der Waals surface area contributed by atoms with Gasteiger partial charge in [-0.2, -0.15) is 16.9 Å².